The van der Waals surface area contributed by atoms with Crippen LogP contribution in [0.1, 0.15) is 52.5 Å². The minimum atomic E-state index is 0.263. The molecule has 0 nitrogen and oxygen atoms in total. The predicted molar refractivity (Wildman–Crippen MR) is 73.4 cm³/mol. The summed E-state index contributed by atoms with van der Waals surface area (Å²) < 4.78 is 0. The maximum atomic E-state index is 2.41. The summed E-state index contributed by atoms with van der Waals surface area (Å²) in [6.45, 7) is 9.05. The van der Waals surface area contributed by atoms with Crippen LogP contribution in [0.3, 0.4) is 0 Å². The van der Waals surface area contributed by atoms with Crippen LogP contribution in [-0.2, 0) is 0 Å². The first-order valence-electron chi connectivity index (χ1n) is 6.30. The fourth-order valence-corrected chi connectivity index (χ4v) is 1.84. The summed E-state index contributed by atoms with van der Waals surface area (Å²) in [5, 5.41) is 0. The number of hydrogen-bond donors (Lipinski definition) is 0. The molecule has 0 saturated heterocycles. The molecule has 0 heterocycles. The minimum Gasteiger partial charge on any atom is -0.0753 e. The van der Waals surface area contributed by atoms with Crippen LogP contribution in [0.15, 0.2) is 36.4 Å². The zero-order valence-electron chi connectivity index (χ0n) is 11.1. The summed E-state index contributed by atoms with van der Waals surface area (Å²) in [5.41, 5.74) is 3.14. The third-order valence-corrected chi connectivity index (χ3v) is 2.55. The molecule has 0 heteroatoms. The normalized spacial score (nSPS) is 12.9. The van der Waals surface area contributed by atoms with Gasteiger partial charge in [0.1, 0.15) is 0 Å². The lowest BCUT2D eigenvalue weighted by Gasteiger charge is -2.17. The van der Waals surface area contributed by atoms with E-state index in [1.54, 1.807) is 0 Å². The molecule has 0 radical (unpaired) electrons. The summed E-state index contributed by atoms with van der Waals surface area (Å²) in [6.07, 6.45) is 6.14. The first-order chi connectivity index (χ1) is 7.53. The molecule has 88 valence electrons. The van der Waals surface area contributed by atoms with Gasteiger partial charge in [-0.25, -0.2) is 0 Å². The smallest absolute Gasteiger partial charge is 0.0197 e. The van der Waals surface area contributed by atoms with Gasteiger partial charge in [0.2, 0.25) is 0 Å². The Labute approximate surface area is 100 Å². The molecular weight excluding hydrogens is 192 g/mol. The van der Waals surface area contributed by atoms with Gasteiger partial charge in [0.15, 0.2) is 0 Å². The molecule has 0 aliphatic rings. The van der Waals surface area contributed by atoms with Crippen LogP contribution in [0, 0.1) is 5.41 Å². The number of hydrogen-bond acceptors (Lipinski definition) is 0. The molecule has 16 heavy (non-hydrogen) atoms. The van der Waals surface area contributed by atoms with E-state index >= 15 is 0 Å². The van der Waals surface area contributed by atoms with Crippen LogP contribution in [0.2, 0.25) is 0 Å². The fourth-order valence-electron chi connectivity index (χ4n) is 1.84. The van der Waals surface area contributed by atoms with Gasteiger partial charge in [-0.05, 0) is 29.4 Å². The summed E-state index contributed by atoms with van der Waals surface area (Å²) in [6, 6.07) is 10.8. The van der Waals surface area contributed by atoms with Crippen molar-refractivity contribution in [2.45, 2.75) is 47.0 Å². The molecule has 1 aromatic rings. The first kappa shape index (κ1) is 13.0. The van der Waals surface area contributed by atoms with Gasteiger partial charge in [-0.1, -0.05) is 70.5 Å². The Kier molecular flexibility index (Phi) is 4.79. The van der Waals surface area contributed by atoms with Crippen molar-refractivity contribution in [2.24, 2.45) is 5.41 Å². The van der Waals surface area contributed by atoms with Gasteiger partial charge in [0.05, 0.1) is 0 Å². The lowest BCUT2D eigenvalue weighted by atomic mass is 9.89. The fraction of sp³-hybridized carbons (Fsp3) is 0.500. The standard InChI is InChI=1S/C16H24/c1-5-6-10-15(13-16(2,3)4)14-11-8-7-9-12-14/h7-9,11-13H,5-6,10H2,1-4H3. The number of benzene rings is 1. The van der Waals surface area contributed by atoms with Gasteiger partial charge in [0, 0.05) is 0 Å². The van der Waals surface area contributed by atoms with Gasteiger partial charge >= 0.3 is 0 Å². The molecule has 1 rings (SSSR count). The second-order valence-electron chi connectivity index (χ2n) is 5.51. The van der Waals surface area contributed by atoms with E-state index in [0.29, 0.717) is 0 Å². The Hall–Kier alpha value is -1.04. The van der Waals surface area contributed by atoms with Gasteiger partial charge in [-0.3, -0.25) is 0 Å². The molecule has 0 aromatic heterocycles. The highest BCUT2D eigenvalue weighted by Gasteiger charge is 2.09. The highest BCUT2D eigenvalue weighted by Crippen LogP contribution is 2.27. The Balaban J connectivity index is 2.92. The highest BCUT2D eigenvalue weighted by molar-refractivity contribution is 5.66. The summed E-state index contributed by atoms with van der Waals surface area (Å²) >= 11 is 0. The summed E-state index contributed by atoms with van der Waals surface area (Å²) in [4.78, 5) is 0. The average Bonchev–Trinajstić information content (AvgIpc) is 2.24. The van der Waals surface area contributed by atoms with Gasteiger partial charge in [-0.15, -0.1) is 0 Å². The van der Waals surface area contributed by atoms with Crippen molar-refractivity contribution >= 4 is 5.57 Å². The van der Waals surface area contributed by atoms with Crippen molar-refractivity contribution in [3.05, 3.63) is 42.0 Å². The molecule has 0 atom stereocenters. The molecular formula is C16H24. The van der Waals surface area contributed by atoms with Crippen LogP contribution < -0.4 is 0 Å². The predicted octanol–water partition coefficient (Wildman–Crippen LogP) is 5.31. The van der Waals surface area contributed by atoms with Crippen molar-refractivity contribution in [1.82, 2.24) is 0 Å². The molecule has 0 N–H and O–H groups in total. The van der Waals surface area contributed by atoms with E-state index < -0.39 is 0 Å². The summed E-state index contributed by atoms with van der Waals surface area (Å²) in [7, 11) is 0. The van der Waals surface area contributed by atoms with Crippen molar-refractivity contribution < 1.29 is 0 Å². The van der Waals surface area contributed by atoms with Gasteiger partial charge in [-0.2, -0.15) is 0 Å². The average molecular weight is 216 g/mol. The van der Waals surface area contributed by atoms with Crippen molar-refractivity contribution in [2.75, 3.05) is 0 Å². The van der Waals surface area contributed by atoms with Crippen LogP contribution in [0.4, 0.5) is 0 Å². The number of allylic oxidation sites excluding steroid dienone is 2. The quantitative estimate of drug-likeness (QED) is 0.640. The number of unbranched alkanes of at least 4 members (excludes halogenated alkanes) is 1. The minimum absolute atomic E-state index is 0.263. The van der Waals surface area contributed by atoms with Gasteiger partial charge < -0.3 is 0 Å². The van der Waals surface area contributed by atoms with Crippen LogP contribution in [-0.4, -0.2) is 0 Å². The Morgan fingerprint density at radius 1 is 1.12 bits per heavy atom. The zero-order valence-corrected chi connectivity index (χ0v) is 11.1. The molecule has 0 aliphatic heterocycles. The molecule has 0 spiro atoms. The van der Waals surface area contributed by atoms with Crippen molar-refractivity contribution in [1.29, 1.82) is 0 Å². The van der Waals surface area contributed by atoms with E-state index in [4.69, 9.17) is 0 Å². The third-order valence-electron chi connectivity index (χ3n) is 2.55. The monoisotopic (exact) mass is 216 g/mol. The molecule has 0 saturated carbocycles. The SMILES string of the molecule is CCCCC(=CC(C)(C)C)c1ccccc1. The second kappa shape index (κ2) is 5.89. The van der Waals surface area contributed by atoms with Crippen LogP contribution >= 0.6 is 0 Å². The maximum Gasteiger partial charge on any atom is -0.0197 e. The molecule has 0 aliphatic carbocycles. The van der Waals surface area contributed by atoms with Crippen molar-refractivity contribution in [3.63, 3.8) is 0 Å². The molecule has 0 unspecified atom stereocenters. The van der Waals surface area contributed by atoms with Crippen LogP contribution in [0.25, 0.3) is 5.57 Å². The van der Waals surface area contributed by atoms with E-state index in [2.05, 4.69) is 64.1 Å². The van der Waals surface area contributed by atoms with E-state index in [0.717, 1.165) is 0 Å². The molecule has 0 fully saturated rings. The Bertz CT molecular complexity index is 325. The molecule has 0 amide bonds. The van der Waals surface area contributed by atoms with Crippen LogP contribution in [0.5, 0.6) is 0 Å². The lowest BCUT2D eigenvalue weighted by Crippen LogP contribution is -2.01. The van der Waals surface area contributed by atoms with Gasteiger partial charge in [0.25, 0.3) is 0 Å². The first-order valence-corrected chi connectivity index (χ1v) is 6.30. The second-order valence-corrected chi connectivity index (χ2v) is 5.51. The zero-order chi connectivity index (χ0) is 12.0. The Morgan fingerprint density at radius 2 is 1.75 bits per heavy atom. The highest BCUT2D eigenvalue weighted by atomic mass is 14.1. The molecule has 0 bridgehead atoms. The number of rotatable bonds is 4. The van der Waals surface area contributed by atoms with E-state index in [9.17, 15) is 0 Å². The molecule has 1 aromatic carbocycles. The van der Waals surface area contributed by atoms with E-state index in [-0.39, 0.29) is 5.41 Å². The maximum absolute atomic E-state index is 2.41. The van der Waals surface area contributed by atoms with E-state index in [1.165, 1.54) is 30.4 Å². The summed E-state index contributed by atoms with van der Waals surface area (Å²) in [5.74, 6) is 0. The van der Waals surface area contributed by atoms with Crippen molar-refractivity contribution in [3.8, 4) is 0 Å². The lowest BCUT2D eigenvalue weighted by molar-refractivity contribution is 0.544. The largest absolute Gasteiger partial charge is 0.0753 e. The third kappa shape index (κ3) is 4.65. The topological polar surface area (TPSA) is 0 Å². The van der Waals surface area contributed by atoms with E-state index in [1.807, 2.05) is 0 Å². The Morgan fingerprint density at radius 3 is 2.25 bits per heavy atom.